The Hall–Kier alpha value is -2.09. The topological polar surface area (TPSA) is 160 Å². The summed E-state index contributed by atoms with van der Waals surface area (Å²) in [5.74, 6) is 0.401. The number of aromatic amines is 1. The number of hydrogen-bond donors (Lipinski definition) is 5. The van der Waals surface area contributed by atoms with Crippen LogP contribution in [-0.2, 0) is 4.74 Å². The van der Waals surface area contributed by atoms with Gasteiger partial charge in [0.1, 0.15) is 18.3 Å². The van der Waals surface area contributed by atoms with Crippen molar-refractivity contribution in [3.8, 4) is 0 Å². The molecule has 2 aromatic rings. The Morgan fingerprint density at radius 2 is 1.93 bits per heavy atom. The van der Waals surface area contributed by atoms with Crippen molar-refractivity contribution in [2.45, 2.75) is 24.5 Å². The van der Waals surface area contributed by atoms with E-state index in [1.165, 1.54) is 10.9 Å². The van der Waals surface area contributed by atoms with Gasteiger partial charge in [0.2, 0.25) is 5.95 Å². The van der Waals surface area contributed by atoms with Crippen molar-refractivity contribution in [3.05, 3.63) is 16.7 Å². The summed E-state index contributed by atoms with van der Waals surface area (Å²) in [6.07, 6.45) is -3.34. The van der Waals surface area contributed by atoms with Gasteiger partial charge in [-0.05, 0) is 0 Å². The molecule has 2 aliphatic heterocycles. The quantitative estimate of drug-likeness (QED) is 0.349. The number of anilines is 1. The van der Waals surface area contributed by atoms with Crippen molar-refractivity contribution in [3.63, 3.8) is 0 Å². The molecule has 4 heterocycles. The number of ether oxygens (including phenoxy) is 1. The van der Waals surface area contributed by atoms with E-state index < -0.39 is 36.7 Å². The lowest BCUT2D eigenvalue weighted by Crippen LogP contribution is -2.48. The molecule has 0 saturated carbocycles. The summed E-state index contributed by atoms with van der Waals surface area (Å²) in [6, 6.07) is 0. The highest BCUT2D eigenvalue weighted by atomic mass is 16.6. The molecule has 2 saturated heterocycles. The van der Waals surface area contributed by atoms with E-state index in [2.05, 4.69) is 19.9 Å². The van der Waals surface area contributed by atoms with Crippen molar-refractivity contribution < 1.29 is 25.2 Å². The van der Waals surface area contributed by atoms with Gasteiger partial charge in [-0.3, -0.25) is 14.3 Å². The van der Waals surface area contributed by atoms with Crippen LogP contribution in [0.5, 0.6) is 0 Å². The second-order valence-electron chi connectivity index (χ2n) is 6.97. The number of H-pyrrole nitrogens is 1. The number of aliphatic hydroxyl groups excluding tert-OH is 4. The molecule has 12 heteroatoms. The van der Waals surface area contributed by atoms with E-state index in [1.807, 2.05) is 4.90 Å². The van der Waals surface area contributed by atoms with Crippen LogP contribution in [0.1, 0.15) is 6.23 Å². The lowest BCUT2D eigenvalue weighted by Gasteiger charge is -2.35. The van der Waals surface area contributed by atoms with E-state index in [0.29, 0.717) is 38.7 Å². The Morgan fingerprint density at radius 3 is 2.57 bits per heavy atom. The molecule has 2 aromatic heterocycles. The zero-order valence-electron chi connectivity index (χ0n) is 15.2. The fourth-order valence-electron chi connectivity index (χ4n) is 3.77. The molecule has 0 bridgehead atoms. The fourth-order valence-corrected chi connectivity index (χ4v) is 3.77. The van der Waals surface area contributed by atoms with Gasteiger partial charge in [0.05, 0.1) is 19.5 Å². The Labute approximate surface area is 159 Å². The summed E-state index contributed by atoms with van der Waals surface area (Å²) in [4.78, 5) is 27.4. The van der Waals surface area contributed by atoms with Crippen LogP contribution < -0.4 is 10.5 Å². The van der Waals surface area contributed by atoms with Crippen LogP contribution in [0, 0.1) is 0 Å². The smallest absolute Gasteiger partial charge is 0.278 e. The number of β-amino-alcohol motifs (C(OH)–C–C–N with tert-alkyl or cyclic N) is 1. The van der Waals surface area contributed by atoms with Crippen LogP contribution >= 0.6 is 0 Å². The average molecular weight is 396 g/mol. The summed E-state index contributed by atoms with van der Waals surface area (Å²) in [7, 11) is 0. The predicted molar refractivity (Wildman–Crippen MR) is 96.9 cm³/mol. The third-order valence-electron chi connectivity index (χ3n) is 5.31. The van der Waals surface area contributed by atoms with Crippen molar-refractivity contribution in [1.82, 2.24) is 24.4 Å². The highest BCUT2D eigenvalue weighted by Gasteiger charge is 2.45. The summed E-state index contributed by atoms with van der Waals surface area (Å²) in [5.41, 5.74) is -0.0879. The predicted octanol–water partition coefficient (Wildman–Crippen LogP) is -3.15. The first-order valence-electron chi connectivity index (χ1n) is 9.21. The first-order chi connectivity index (χ1) is 13.5. The normalized spacial score (nSPS) is 29.1. The van der Waals surface area contributed by atoms with Gasteiger partial charge in [-0.2, -0.15) is 0 Å². The number of aromatic nitrogens is 4. The van der Waals surface area contributed by atoms with Gasteiger partial charge in [0, 0.05) is 32.7 Å². The number of fused-ring (bicyclic) bond motifs is 1. The fraction of sp³-hybridized carbons (Fsp3) is 0.688. The van der Waals surface area contributed by atoms with Gasteiger partial charge in [-0.1, -0.05) is 0 Å². The zero-order valence-corrected chi connectivity index (χ0v) is 15.2. The molecular weight excluding hydrogens is 372 g/mol. The standard InChI is InChI=1S/C16H24N6O6/c23-6-5-20-1-3-21(4-2-20)16-19-10-13(17-8-18-14(10)27)22(16)15-12(26)11(25)9(7-24)28-15/h8-9,11-12,15,23-26H,1-7H2,(H,17,18,27)/t9-,11+,12-,15+/m0/s1. The van der Waals surface area contributed by atoms with Gasteiger partial charge < -0.3 is 35.0 Å². The minimum atomic E-state index is -1.31. The SMILES string of the molecule is O=c1[nH]cnc2c1nc(N1CCN(CCO)CC1)n2[C@@H]1O[C@@H](CO)[C@@H](O)[C@@H]1O. The summed E-state index contributed by atoms with van der Waals surface area (Å²) < 4.78 is 7.18. The molecule has 0 aliphatic carbocycles. The van der Waals surface area contributed by atoms with E-state index in [0.717, 1.165) is 0 Å². The Morgan fingerprint density at radius 1 is 1.18 bits per heavy atom. The summed E-state index contributed by atoms with van der Waals surface area (Å²) in [5, 5.41) is 39.1. The molecule has 0 spiro atoms. The van der Waals surface area contributed by atoms with E-state index in [9.17, 15) is 20.1 Å². The van der Waals surface area contributed by atoms with Crippen molar-refractivity contribution in [2.75, 3.05) is 50.8 Å². The average Bonchev–Trinajstić information content (AvgIpc) is 3.22. The molecule has 0 amide bonds. The van der Waals surface area contributed by atoms with Gasteiger partial charge in [-0.25, -0.2) is 9.97 Å². The Kier molecular flexibility index (Phi) is 5.31. The van der Waals surface area contributed by atoms with Crippen LogP contribution in [0.4, 0.5) is 5.95 Å². The highest BCUT2D eigenvalue weighted by molar-refractivity contribution is 5.74. The zero-order chi connectivity index (χ0) is 19.8. The van der Waals surface area contributed by atoms with Crippen molar-refractivity contribution >= 4 is 17.1 Å². The second-order valence-corrected chi connectivity index (χ2v) is 6.97. The van der Waals surface area contributed by atoms with Gasteiger partial charge in [-0.15, -0.1) is 0 Å². The lowest BCUT2D eigenvalue weighted by molar-refractivity contribution is -0.0505. The van der Waals surface area contributed by atoms with Crippen LogP contribution in [-0.4, -0.2) is 109 Å². The molecular formula is C16H24N6O6. The van der Waals surface area contributed by atoms with Gasteiger partial charge >= 0.3 is 0 Å². The Balaban J connectivity index is 1.74. The first kappa shape index (κ1) is 19.2. The second kappa shape index (κ2) is 7.73. The minimum absolute atomic E-state index is 0.0837. The molecule has 2 aliphatic rings. The number of nitrogens with zero attached hydrogens (tertiary/aromatic N) is 5. The number of imidazole rings is 1. The molecule has 0 radical (unpaired) electrons. The number of piperazine rings is 1. The molecule has 28 heavy (non-hydrogen) atoms. The maximum absolute atomic E-state index is 12.2. The monoisotopic (exact) mass is 396 g/mol. The van der Waals surface area contributed by atoms with Crippen LogP contribution in [0.25, 0.3) is 11.2 Å². The Bertz CT molecular complexity index is 878. The minimum Gasteiger partial charge on any atom is -0.395 e. The number of aliphatic hydroxyl groups is 4. The molecule has 2 fully saturated rings. The molecule has 4 rings (SSSR count). The summed E-state index contributed by atoms with van der Waals surface area (Å²) in [6.45, 7) is 2.80. The molecule has 0 aromatic carbocycles. The van der Waals surface area contributed by atoms with Crippen LogP contribution in [0.15, 0.2) is 11.1 Å². The van der Waals surface area contributed by atoms with Crippen LogP contribution in [0.2, 0.25) is 0 Å². The molecule has 4 atom stereocenters. The number of hydrogen-bond acceptors (Lipinski definition) is 10. The van der Waals surface area contributed by atoms with E-state index in [-0.39, 0.29) is 17.8 Å². The molecule has 5 N–H and O–H groups in total. The maximum Gasteiger partial charge on any atom is 0.278 e. The van der Waals surface area contributed by atoms with E-state index in [4.69, 9.17) is 9.84 Å². The first-order valence-corrected chi connectivity index (χ1v) is 9.21. The largest absolute Gasteiger partial charge is 0.395 e. The van der Waals surface area contributed by atoms with Crippen LogP contribution in [0.3, 0.4) is 0 Å². The van der Waals surface area contributed by atoms with Crippen molar-refractivity contribution in [1.29, 1.82) is 0 Å². The lowest BCUT2D eigenvalue weighted by atomic mass is 10.1. The molecule has 12 nitrogen and oxygen atoms in total. The maximum atomic E-state index is 12.2. The number of nitrogens with one attached hydrogen (secondary N) is 1. The molecule has 154 valence electrons. The highest BCUT2D eigenvalue weighted by Crippen LogP contribution is 2.35. The van der Waals surface area contributed by atoms with Gasteiger partial charge in [0.25, 0.3) is 5.56 Å². The van der Waals surface area contributed by atoms with E-state index in [1.54, 1.807) is 0 Å². The number of rotatable bonds is 5. The molecule has 0 unspecified atom stereocenters. The van der Waals surface area contributed by atoms with E-state index >= 15 is 0 Å². The van der Waals surface area contributed by atoms with Gasteiger partial charge in [0.15, 0.2) is 17.4 Å². The third kappa shape index (κ3) is 3.17. The van der Waals surface area contributed by atoms with Crippen molar-refractivity contribution in [2.24, 2.45) is 0 Å². The third-order valence-corrected chi connectivity index (χ3v) is 5.31. The summed E-state index contributed by atoms with van der Waals surface area (Å²) >= 11 is 0.